The molecule has 0 bridgehead atoms. The van der Waals surface area contributed by atoms with Crippen molar-refractivity contribution in [1.29, 1.82) is 0 Å². The average molecular weight is 232 g/mol. The summed E-state index contributed by atoms with van der Waals surface area (Å²) in [6.45, 7) is 7.15. The van der Waals surface area contributed by atoms with Gasteiger partial charge in [0.1, 0.15) is 0 Å². The van der Waals surface area contributed by atoms with E-state index in [4.69, 9.17) is 4.74 Å². The fourth-order valence-electron chi connectivity index (χ4n) is 2.21. The van der Waals surface area contributed by atoms with Crippen LogP contribution in [-0.4, -0.2) is 23.3 Å². The van der Waals surface area contributed by atoms with Gasteiger partial charge in [0.25, 0.3) is 0 Å². The van der Waals surface area contributed by atoms with Crippen LogP contribution in [0.15, 0.2) is 18.5 Å². The largest absolute Gasteiger partial charge is 0.383 e. The summed E-state index contributed by atoms with van der Waals surface area (Å²) in [7, 11) is 1.74. The normalized spacial score (nSPS) is 13.2. The fraction of sp³-hybridized carbons (Fsp3) is 0.500. The Balaban J connectivity index is 2.54. The monoisotopic (exact) mass is 232 g/mol. The smallest absolute Gasteiger partial charge is 0.0910 e. The van der Waals surface area contributed by atoms with Crippen LogP contribution in [0.4, 0.5) is 0 Å². The van der Waals surface area contributed by atoms with E-state index in [9.17, 15) is 0 Å². The first-order valence-electron chi connectivity index (χ1n) is 6.12. The number of aromatic nitrogens is 2. The Morgan fingerprint density at radius 3 is 2.88 bits per heavy atom. The number of methoxy groups -OCH3 is 1. The summed E-state index contributed by atoms with van der Waals surface area (Å²) in [6.07, 6.45) is 5.16. The molecule has 0 fully saturated rings. The van der Waals surface area contributed by atoms with Gasteiger partial charge in [-0.05, 0) is 37.5 Å². The third-order valence-electron chi connectivity index (χ3n) is 3.20. The van der Waals surface area contributed by atoms with E-state index in [0.717, 1.165) is 18.5 Å². The molecule has 0 saturated carbocycles. The third-order valence-corrected chi connectivity index (χ3v) is 3.20. The molecule has 0 unspecified atom stereocenters. The lowest BCUT2D eigenvalue weighted by atomic mass is 10.2. The maximum Gasteiger partial charge on any atom is 0.0910 e. The lowest BCUT2D eigenvalue weighted by molar-refractivity contribution is 0.164. The molecule has 0 N–H and O–H groups in total. The Bertz CT molecular complexity index is 516. The van der Waals surface area contributed by atoms with Crippen molar-refractivity contribution in [3.63, 3.8) is 0 Å². The summed E-state index contributed by atoms with van der Waals surface area (Å²) < 4.78 is 7.50. The maximum absolute atomic E-state index is 5.23. The van der Waals surface area contributed by atoms with Gasteiger partial charge < -0.3 is 9.30 Å². The lowest BCUT2D eigenvalue weighted by Gasteiger charge is -2.14. The quantitative estimate of drug-likeness (QED) is 0.810. The molecule has 1 atom stereocenters. The molecule has 92 valence electrons. The van der Waals surface area contributed by atoms with Gasteiger partial charge in [0.15, 0.2) is 0 Å². The molecule has 0 aliphatic heterocycles. The molecule has 0 saturated heterocycles. The van der Waals surface area contributed by atoms with E-state index in [0.29, 0.717) is 6.04 Å². The van der Waals surface area contributed by atoms with Crippen molar-refractivity contribution in [3.8, 4) is 0 Å². The number of hydrogen-bond donors (Lipinski definition) is 0. The topological polar surface area (TPSA) is 27.1 Å². The highest BCUT2D eigenvalue weighted by Gasteiger charge is 2.12. The number of ether oxygens (including phenoxy) is 1. The van der Waals surface area contributed by atoms with Crippen LogP contribution in [0.2, 0.25) is 0 Å². The summed E-state index contributed by atoms with van der Waals surface area (Å²) in [6, 6.07) is 2.58. The van der Waals surface area contributed by atoms with Gasteiger partial charge in [-0.15, -0.1) is 0 Å². The lowest BCUT2D eigenvalue weighted by Crippen LogP contribution is -2.09. The summed E-state index contributed by atoms with van der Waals surface area (Å²) >= 11 is 0. The highest BCUT2D eigenvalue weighted by atomic mass is 16.5. The van der Waals surface area contributed by atoms with Crippen LogP contribution in [0.25, 0.3) is 11.0 Å². The van der Waals surface area contributed by atoms with Gasteiger partial charge in [0, 0.05) is 19.5 Å². The van der Waals surface area contributed by atoms with Crippen molar-refractivity contribution in [2.75, 3.05) is 13.7 Å². The van der Waals surface area contributed by atoms with E-state index in [1.54, 1.807) is 7.11 Å². The molecular formula is C14H20N2O. The minimum Gasteiger partial charge on any atom is -0.383 e. The molecule has 17 heavy (non-hydrogen) atoms. The highest BCUT2D eigenvalue weighted by Crippen LogP contribution is 2.23. The van der Waals surface area contributed by atoms with Gasteiger partial charge in [-0.3, -0.25) is 4.98 Å². The van der Waals surface area contributed by atoms with E-state index >= 15 is 0 Å². The first kappa shape index (κ1) is 12.1. The molecule has 3 nitrogen and oxygen atoms in total. The number of pyridine rings is 1. The number of rotatable bonds is 4. The molecular weight excluding hydrogens is 212 g/mol. The third kappa shape index (κ3) is 2.20. The van der Waals surface area contributed by atoms with Crippen molar-refractivity contribution in [3.05, 3.63) is 29.6 Å². The average Bonchev–Trinajstić information content (AvgIpc) is 2.66. The summed E-state index contributed by atoms with van der Waals surface area (Å²) in [5.41, 5.74) is 4.82. The predicted octanol–water partition coefficient (Wildman–Crippen LogP) is 3.11. The van der Waals surface area contributed by atoms with E-state index in [1.165, 1.54) is 16.6 Å². The molecule has 0 aromatic carbocycles. The zero-order valence-corrected chi connectivity index (χ0v) is 11.0. The molecule has 0 radical (unpaired) electrons. The Morgan fingerprint density at radius 1 is 1.47 bits per heavy atom. The Kier molecular flexibility index (Phi) is 3.48. The van der Waals surface area contributed by atoms with E-state index in [-0.39, 0.29) is 0 Å². The summed E-state index contributed by atoms with van der Waals surface area (Å²) in [5, 5.41) is 0. The number of fused-ring (bicyclic) bond motifs is 1. The maximum atomic E-state index is 5.23. The standard InChI is InChI=1S/C14H20N2O/c1-5-12-6-13-14(15-7-12)10(2)8-16(13)11(3)9-17-4/h6-8,11H,5,9H2,1-4H3/t11-/m1/s1. The molecule has 3 heteroatoms. The Hall–Kier alpha value is -1.35. The van der Waals surface area contributed by atoms with Crippen LogP contribution in [0.1, 0.15) is 31.0 Å². The minimum atomic E-state index is 0.338. The number of aryl methyl sites for hydroxylation is 2. The van der Waals surface area contributed by atoms with Crippen molar-refractivity contribution in [1.82, 2.24) is 9.55 Å². The molecule has 0 aliphatic rings. The second kappa shape index (κ2) is 4.88. The number of nitrogens with zero attached hydrogens (tertiary/aromatic N) is 2. The Labute approximate surface area is 102 Å². The van der Waals surface area contributed by atoms with Crippen LogP contribution in [-0.2, 0) is 11.2 Å². The molecule has 2 heterocycles. The SMILES string of the molecule is CCc1cnc2c(C)cn([C@H](C)COC)c2c1. The van der Waals surface area contributed by atoms with Crippen LogP contribution in [0, 0.1) is 6.92 Å². The van der Waals surface area contributed by atoms with Crippen LogP contribution >= 0.6 is 0 Å². The Morgan fingerprint density at radius 2 is 2.24 bits per heavy atom. The van der Waals surface area contributed by atoms with Gasteiger partial charge in [-0.25, -0.2) is 0 Å². The molecule has 2 rings (SSSR count). The molecule has 0 spiro atoms. The molecule has 0 aliphatic carbocycles. The molecule has 0 amide bonds. The van der Waals surface area contributed by atoms with Crippen molar-refractivity contribution in [2.45, 2.75) is 33.2 Å². The van der Waals surface area contributed by atoms with Crippen LogP contribution in [0.3, 0.4) is 0 Å². The summed E-state index contributed by atoms with van der Waals surface area (Å²) in [5.74, 6) is 0. The van der Waals surface area contributed by atoms with E-state index in [1.807, 2.05) is 6.20 Å². The molecule has 2 aromatic heterocycles. The second-order valence-corrected chi connectivity index (χ2v) is 4.59. The van der Waals surface area contributed by atoms with Crippen LogP contribution < -0.4 is 0 Å². The zero-order valence-electron chi connectivity index (χ0n) is 11.0. The van der Waals surface area contributed by atoms with E-state index in [2.05, 4.69) is 42.6 Å². The van der Waals surface area contributed by atoms with Gasteiger partial charge in [-0.2, -0.15) is 0 Å². The molecule has 2 aromatic rings. The number of hydrogen-bond acceptors (Lipinski definition) is 2. The van der Waals surface area contributed by atoms with Crippen molar-refractivity contribution < 1.29 is 4.74 Å². The van der Waals surface area contributed by atoms with Gasteiger partial charge in [0.05, 0.1) is 23.7 Å². The van der Waals surface area contributed by atoms with Gasteiger partial charge in [0.2, 0.25) is 0 Å². The zero-order chi connectivity index (χ0) is 12.4. The predicted molar refractivity (Wildman–Crippen MR) is 70.4 cm³/mol. The minimum absolute atomic E-state index is 0.338. The fourth-order valence-corrected chi connectivity index (χ4v) is 2.21. The first-order chi connectivity index (χ1) is 8.17. The van der Waals surface area contributed by atoms with E-state index < -0.39 is 0 Å². The van der Waals surface area contributed by atoms with Crippen molar-refractivity contribution >= 4 is 11.0 Å². The van der Waals surface area contributed by atoms with Crippen molar-refractivity contribution in [2.24, 2.45) is 0 Å². The first-order valence-corrected chi connectivity index (χ1v) is 6.12. The van der Waals surface area contributed by atoms with Gasteiger partial charge >= 0.3 is 0 Å². The second-order valence-electron chi connectivity index (χ2n) is 4.59. The summed E-state index contributed by atoms with van der Waals surface area (Å²) in [4.78, 5) is 4.55. The highest BCUT2D eigenvalue weighted by molar-refractivity contribution is 5.80. The van der Waals surface area contributed by atoms with Crippen LogP contribution in [0.5, 0.6) is 0 Å². The van der Waals surface area contributed by atoms with Gasteiger partial charge in [-0.1, -0.05) is 6.92 Å².